The molecule has 0 fully saturated rings. The predicted octanol–water partition coefficient (Wildman–Crippen LogP) is 5.28. The lowest BCUT2D eigenvalue weighted by atomic mass is 10.0. The topological polar surface area (TPSA) is 144 Å². The molecule has 8 nitrogen and oxygen atoms in total. The van der Waals surface area contributed by atoms with Crippen molar-refractivity contribution in [3.63, 3.8) is 0 Å². The van der Waals surface area contributed by atoms with Crippen LogP contribution in [0.4, 0.5) is 13.2 Å². The number of aromatic nitrogens is 2. The fraction of sp³-hybridized carbons (Fsp3) is 0.0417. The molecule has 1 aromatic heterocycles. The van der Waals surface area contributed by atoms with E-state index in [-0.39, 0.29) is 17.1 Å². The number of halogens is 3. The lowest BCUT2D eigenvalue weighted by molar-refractivity contribution is -0.192. The predicted molar refractivity (Wildman–Crippen MR) is 121 cm³/mol. The van der Waals surface area contributed by atoms with Crippen molar-refractivity contribution < 1.29 is 43.2 Å². The number of fused-ring (bicyclic) bond motifs is 4. The lowest BCUT2D eigenvalue weighted by Crippen LogP contribution is -2.21. The molecule has 0 aliphatic carbocycles. The van der Waals surface area contributed by atoms with Gasteiger partial charge in [0.15, 0.2) is 0 Å². The van der Waals surface area contributed by atoms with Gasteiger partial charge in [-0.3, -0.25) is 0 Å². The first kappa shape index (κ1) is 23.4. The highest BCUT2D eigenvalue weighted by Crippen LogP contribution is 2.38. The summed E-state index contributed by atoms with van der Waals surface area (Å²) in [5.41, 5.74) is 1.74. The van der Waals surface area contributed by atoms with E-state index in [2.05, 4.69) is 9.97 Å². The fourth-order valence-electron chi connectivity index (χ4n) is 3.61. The Labute approximate surface area is 193 Å². The zero-order valence-corrected chi connectivity index (χ0v) is 17.5. The van der Waals surface area contributed by atoms with E-state index in [0.717, 1.165) is 10.8 Å². The number of alkyl halides is 3. The molecule has 5 N–H and O–H groups in total. The molecule has 0 radical (unpaired) electrons. The second-order valence-electron chi connectivity index (χ2n) is 7.43. The molecule has 0 unspecified atom stereocenters. The van der Waals surface area contributed by atoms with Crippen LogP contribution in [0.1, 0.15) is 10.4 Å². The molecule has 0 aliphatic heterocycles. The maximum Gasteiger partial charge on any atom is 0.490 e. The first-order valence-corrected chi connectivity index (χ1v) is 9.87. The van der Waals surface area contributed by atoms with E-state index < -0.39 is 18.1 Å². The van der Waals surface area contributed by atoms with E-state index in [1.165, 1.54) is 12.1 Å². The average molecular weight is 484 g/mol. The van der Waals surface area contributed by atoms with Gasteiger partial charge in [-0.2, -0.15) is 13.2 Å². The number of carbonyl (C=O) groups is 2. The molecule has 1 heterocycles. The van der Waals surface area contributed by atoms with Gasteiger partial charge in [-0.1, -0.05) is 36.4 Å². The number of phenolic OH excluding ortho intramolecular Hbond substituents is 2. The van der Waals surface area contributed by atoms with Gasteiger partial charge in [0.1, 0.15) is 22.8 Å². The van der Waals surface area contributed by atoms with Crippen LogP contribution >= 0.6 is 0 Å². The monoisotopic (exact) mass is 484 g/mol. The zero-order chi connectivity index (χ0) is 25.5. The molecule has 0 bridgehead atoms. The second-order valence-corrected chi connectivity index (χ2v) is 7.43. The summed E-state index contributed by atoms with van der Waals surface area (Å²) in [6, 6.07) is 17.4. The summed E-state index contributed by atoms with van der Waals surface area (Å²) in [7, 11) is 0. The number of nitrogens with zero attached hydrogens (tertiary/aromatic N) is 1. The number of rotatable bonds is 2. The summed E-state index contributed by atoms with van der Waals surface area (Å²) < 4.78 is 31.7. The Hall–Kier alpha value is -4.80. The molecule has 35 heavy (non-hydrogen) atoms. The molecule has 0 saturated heterocycles. The van der Waals surface area contributed by atoms with Gasteiger partial charge in [0.2, 0.25) is 0 Å². The Morgan fingerprint density at radius 2 is 1.54 bits per heavy atom. The average Bonchev–Trinajstić information content (AvgIpc) is 3.23. The van der Waals surface area contributed by atoms with E-state index in [0.29, 0.717) is 33.2 Å². The molecule has 178 valence electrons. The molecule has 4 aromatic carbocycles. The van der Waals surface area contributed by atoms with Crippen molar-refractivity contribution in [3.05, 3.63) is 66.2 Å². The third kappa shape index (κ3) is 4.38. The maximum atomic E-state index is 11.2. The number of carboxylic acid groups (broad SMARTS) is 2. The molecule has 11 heteroatoms. The molecular formula is C24H15F3N2O6. The van der Waals surface area contributed by atoms with Gasteiger partial charge in [-0.15, -0.1) is 0 Å². The van der Waals surface area contributed by atoms with Crippen molar-refractivity contribution in [2.24, 2.45) is 0 Å². The largest absolute Gasteiger partial charge is 0.507 e. The molecule has 5 aromatic rings. The van der Waals surface area contributed by atoms with Crippen LogP contribution in [0, 0.1) is 0 Å². The molecular weight excluding hydrogens is 469 g/mol. The number of aliphatic carboxylic acids is 1. The summed E-state index contributed by atoms with van der Waals surface area (Å²) in [5, 5.41) is 40.1. The molecule has 0 aliphatic rings. The maximum absolute atomic E-state index is 11.2. The molecule has 0 saturated carbocycles. The standard InChI is InChI=1S/C22H14N2O4.C2HF3O2/c25-17-10-13(22(27)28)9-12-6-8-16-19(18(12)17)24-21(23-16)15-7-5-11-3-1-2-4-14(11)20(15)26;3-2(4,5)1(6)7/h1-10,25-26H,(H,23,24)(H,27,28);(H,6,7). The van der Waals surface area contributed by atoms with Crippen LogP contribution in [-0.2, 0) is 4.79 Å². The first-order valence-electron chi connectivity index (χ1n) is 9.87. The summed E-state index contributed by atoms with van der Waals surface area (Å²) in [6.07, 6.45) is -5.08. The summed E-state index contributed by atoms with van der Waals surface area (Å²) >= 11 is 0. The fourth-order valence-corrected chi connectivity index (χ4v) is 3.61. The SMILES string of the molecule is O=C(O)C(F)(F)F.O=C(O)c1cc(O)c2c(ccc3[nH]c(-c4ccc5ccccc5c4O)nc32)c1. The van der Waals surface area contributed by atoms with Crippen LogP contribution in [0.5, 0.6) is 11.5 Å². The summed E-state index contributed by atoms with van der Waals surface area (Å²) in [4.78, 5) is 27.9. The van der Waals surface area contributed by atoms with Crippen molar-refractivity contribution in [2.45, 2.75) is 6.18 Å². The Balaban J connectivity index is 0.000000364. The van der Waals surface area contributed by atoms with Gasteiger partial charge in [0.05, 0.1) is 22.0 Å². The smallest absolute Gasteiger partial charge is 0.490 e. The van der Waals surface area contributed by atoms with E-state index in [9.17, 15) is 33.3 Å². The van der Waals surface area contributed by atoms with Crippen LogP contribution in [0.2, 0.25) is 0 Å². The quantitative estimate of drug-likeness (QED) is 0.229. The number of carboxylic acids is 2. The van der Waals surface area contributed by atoms with Crippen molar-refractivity contribution in [1.82, 2.24) is 9.97 Å². The Morgan fingerprint density at radius 3 is 2.20 bits per heavy atom. The third-order valence-corrected chi connectivity index (χ3v) is 5.19. The number of hydrogen-bond donors (Lipinski definition) is 5. The Bertz CT molecular complexity index is 1630. The van der Waals surface area contributed by atoms with E-state index >= 15 is 0 Å². The third-order valence-electron chi connectivity index (χ3n) is 5.19. The van der Waals surface area contributed by atoms with Crippen LogP contribution in [0.25, 0.3) is 44.0 Å². The number of aromatic hydroxyl groups is 2. The van der Waals surface area contributed by atoms with Gasteiger partial charge >= 0.3 is 18.1 Å². The van der Waals surface area contributed by atoms with Crippen LogP contribution in [-0.4, -0.2) is 48.5 Å². The number of phenols is 2. The highest BCUT2D eigenvalue weighted by Gasteiger charge is 2.38. The number of aromatic amines is 1. The summed E-state index contributed by atoms with van der Waals surface area (Å²) in [5.74, 6) is -3.43. The highest BCUT2D eigenvalue weighted by atomic mass is 19.4. The number of aromatic carboxylic acids is 1. The van der Waals surface area contributed by atoms with Crippen LogP contribution in [0.3, 0.4) is 0 Å². The Kier molecular flexibility index (Phi) is 5.69. The van der Waals surface area contributed by atoms with Crippen molar-refractivity contribution in [1.29, 1.82) is 0 Å². The second kappa shape index (κ2) is 8.52. The molecule has 0 atom stereocenters. The first-order chi connectivity index (χ1) is 16.5. The molecule has 0 amide bonds. The van der Waals surface area contributed by atoms with Gasteiger partial charge < -0.3 is 25.4 Å². The minimum Gasteiger partial charge on any atom is -0.507 e. The van der Waals surface area contributed by atoms with Crippen LogP contribution < -0.4 is 0 Å². The van der Waals surface area contributed by atoms with Crippen molar-refractivity contribution >= 4 is 44.5 Å². The van der Waals surface area contributed by atoms with Gasteiger partial charge in [0, 0.05) is 5.39 Å². The number of H-pyrrole nitrogens is 1. The normalized spacial score (nSPS) is 11.4. The minimum absolute atomic E-state index is 0.00674. The lowest BCUT2D eigenvalue weighted by Gasteiger charge is -2.05. The minimum atomic E-state index is -5.08. The van der Waals surface area contributed by atoms with Crippen molar-refractivity contribution in [2.75, 3.05) is 0 Å². The highest BCUT2D eigenvalue weighted by molar-refractivity contribution is 6.10. The number of imidazole rings is 1. The van der Waals surface area contributed by atoms with Gasteiger partial charge in [0.25, 0.3) is 0 Å². The molecule has 5 rings (SSSR count). The number of benzene rings is 4. The molecule has 0 spiro atoms. The van der Waals surface area contributed by atoms with Crippen molar-refractivity contribution in [3.8, 4) is 22.9 Å². The van der Waals surface area contributed by atoms with E-state index in [4.69, 9.17) is 9.90 Å². The van der Waals surface area contributed by atoms with Crippen LogP contribution in [0.15, 0.2) is 60.7 Å². The zero-order valence-electron chi connectivity index (χ0n) is 17.5. The summed E-state index contributed by atoms with van der Waals surface area (Å²) in [6.45, 7) is 0. The number of hydrogen-bond acceptors (Lipinski definition) is 5. The number of nitrogens with one attached hydrogen (secondary N) is 1. The Morgan fingerprint density at radius 1 is 0.886 bits per heavy atom. The van der Waals surface area contributed by atoms with Gasteiger partial charge in [-0.25, -0.2) is 14.6 Å². The van der Waals surface area contributed by atoms with Gasteiger partial charge in [-0.05, 0) is 35.0 Å². The van der Waals surface area contributed by atoms with E-state index in [1.807, 2.05) is 30.3 Å². The van der Waals surface area contributed by atoms with E-state index in [1.54, 1.807) is 18.2 Å².